The zero-order valence-corrected chi connectivity index (χ0v) is 25.3. The third kappa shape index (κ3) is 10.9. The molecule has 0 bridgehead atoms. The first-order valence-electron chi connectivity index (χ1n) is 13.9. The molecule has 4 rings (SSSR count). The molecular weight excluding hydrogens is 554 g/mol. The van der Waals surface area contributed by atoms with Gasteiger partial charge in [0.2, 0.25) is 17.8 Å². The standard InChI is InChI=1S/C17H14ClN3O2.C13H24N2O2.C2H2/c1-10-7-12-9-14(5-6-15(12)23-10)20-17(19)21-16(22)11-3-2-4-13(18)8-11;1-3-4-5-10-15(12(2)16)11-13(17)14-8-6-7-9-14;1-2/h2-9H,1H3,(H3,19,20,21,22);3-11H2,1-2H3;1-2H. The van der Waals surface area contributed by atoms with Crippen LogP contribution in [0.1, 0.15) is 62.1 Å². The van der Waals surface area contributed by atoms with Crippen LogP contribution < -0.4 is 11.1 Å². The molecule has 0 radical (unpaired) electrons. The first kappa shape index (κ1) is 33.9. The number of nitrogens with two attached hydrogens (primary N) is 1. The van der Waals surface area contributed by atoms with E-state index in [1.807, 2.05) is 30.0 Å². The fourth-order valence-electron chi connectivity index (χ4n) is 4.35. The van der Waals surface area contributed by atoms with E-state index in [9.17, 15) is 14.4 Å². The quantitative estimate of drug-likeness (QED) is 0.151. The van der Waals surface area contributed by atoms with Crippen LogP contribution in [0, 0.1) is 19.8 Å². The SMILES string of the molecule is C#C.CCCCCN(CC(=O)N1CCCC1)C(C)=O.Cc1cc2cc(N=C(N)NC(=O)c3cccc(Cl)c3)ccc2o1. The number of terminal acetylenes is 1. The number of nitrogens with zero attached hydrogens (tertiary/aromatic N) is 3. The number of hydrogen-bond acceptors (Lipinski definition) is 5. The smallest absolute Gasteiger partial charge is 0.258 e. The number of rotatable bonds is 8. The lowest BCUT2D eigenvalue weighted by Crippen LogP contribution is -2.41. The molecule has 224 valence electrons. The van der Waals surface area contributed by atoms with E-state index in [2.05, 4.69) is 30.1 Å². The number of nitrogens with one attached hydrogen (secondary N) is 1. The predicted molar refractivity (Wildman–Crippen MR) is 169 cm³/mol. The van der Waals surface area contributed by atoms with E-state index < -0.39 is 0 Å². The summed E-state index contributed by atoms with van der Waals surface area (Å²) >= 11 is 5.86. The Morgan fingerprint density at radius 1 is 1.10 bits per heavy atom. The molecule has 42 heavy (non-hydrogen) atoms. The molecule has 3 aromatic rings. The number of benzene rings is 2. The van der Waals surface area contributed by atoms with Crippen LogP contribution in [-0.4, -0.2) is 59.7 Å². The average molecular weight is 594 g/mol. The Morgan fingerprint density at radius 2 is 1.81 bits per heavy atom. The van der Waals surface area contributed by atoms with Gasteiger partial charge in [0.1, 0.15) is 11.3 Å². The van der Waals surface area contributed by atoms with Crippen LogP contribution in [0.3, 0.4) is 0 Å². The second-order valence-corrected chi connectivity index (χ2v) is 10.2. The summed E-state index contributed by atoms with van der Waals surface area (Å²) < 4.78 is 5.50. The van der Waals surface area contributed by atoms with Crippen LogP contribution in [0.5, 0.6) is 0 Å². The van der Waals surface area contributed by atoms with Gasteiger partial charge in [-0.25, -0.2) is 4.99 Å². The third-order valence-corrected chi connectivity index (χ3v) is 6.70. The summed E-state index contributed by atoms with van der Waals surface area (Å²) in [4.78, 5) is 43.2. The van der Waals surface area contributed by atoms with Gasteiger partial charge in [0.05, 0.1) is 12.2 Å². The molecule has 1 saturated heterocycles. The molecule has 10 heteroatoms. The van der Waals surface area contributed by atoms with Gasteiger partial charge < -0.3 is 20.0 Å². The normalized spacial score (nSPS) is 12.5. The molecule has 0 saturated carbocycles. The number of likely N-dealkylation sites (tertiary alicyclic amines) is 1. The number of carbonyl (C=O) groups is 3. The highest BCUT2D eigenvalue weighted by Crippen LogP contribution is 2.24. The number of carbonyl (C=O) groups excluding carboxylic acids is 3. The Balaban J connectivity index is 0.000000290. The van der Waals surface area contributed by atoms with Crippen molar-refractivity contribution in [2.24, 2.45) is 10.7 Å². The molecule has 0 unspecified atom stereocenters. The van der Waals surface area contributed by atoms with E-state index in [4.69, 9.17) is 21.8 Å². The van der Waals surface area contributed by atoms with Gasteiger partial charge in [0.15, 0.2) is 0 Å². The van der Waals surface area contributed by atoms with Crippen LogP contribution in [0.15, 0.2) is 57.9 Å². The van der Waals surface area contributed by atoms with Crippen molar-refractivity contribution in [1.29, 1.82) is 0 Å². The maximum absolute atomic E-state index is 12.1. The first-order valence-corrected chi connectivity index (χ1v) is 14.3. The van der Waals surface area contributed by atoms with E-state index in [1.54, 1.807) is 42.2 Å². The van der Waals surface area contributed by atoms with Crippen LogP contribution in [0.2, 0.25) is 5.02 Å². The fourth-order valence-corrected chi connectivity index (χ4v) is 4.54. The summed E-state index contributed by atoms with van der Waals surface area (Å²) in [5.74, 6) is 0.578. The van der Waals surface area contributed by atoms with Crippen LogP contribution in [-0.2, 0) is 9.59 Å². The maximum Gasteiger partial charge on any atom is 0.258 e. The molecule has 3 amide bonds. The number of halogens is 1. The number of amides is 3. The summed E-state index contributed by atoms with van der Waals surface area (Å²) in [6.07, 6.45) is 13.4. The van der Waals surface area contributed by atoms with Crippen LogP contribution in [0.4, 0.5) is 5.69 Å². The summed E-state index contributed by atoms with van der Waals surface area (Å²) in [5.41, 5.74) is 7.61. The van der Waals surface area contributed by atoms with Crippen molar-refractivity contribution >= 4 is 51.9 Å². The summed E-state index contributed by atoms with van der Waals surface area (Å²) in [7, 11) is 0. The largest absolute Gasteiger partial charge is 0.461 e. The van der Waals surface area contributed by atoms with Crippen LogP contribution >= 0.6 is 11.6 Å². The van der Waals surface area contributed by atoms with Gasteiger partial charge in [-0.05, 0) is 68.7 Å². The minimum absolute atomic E-state index is 0.00801. The minimum atomic E-state index is -0.367. The summed E-state index contributed by atoms with van der Waals surface area (Å²) in [5, 5.41) is 3.94. The summed E-state index contributed by atoms with van der Waals surface area (Å²) in [6, 6.07) is 13.9. The van der Waals surface area contributed by atoms with Crippen molar-refractivity contribution in [3.05, 3.63) is 64.9 Å². The van der Waals surface area contributed by atoms with Crippen molar-refractivity contribution in [3.8, 4) is 12.8 Å². The number of furan rings is 1. The lowest BCUT2D eigenvalue weighted by Gasteiger charge is -2.23. The van der Waals surface area contributed by atoms with Gasteiger partial charge in [-0.2, -0.15) is 0 Å². The van der Waals surface area contributed by atoms with Crippen molar-refractivity contribution in [1.82, 2.24) is 15.1 Å². The molecule has 1 fully saturated rings. The van der Waals surface area contributed by atoms with E-state index in [-0.39, 0.29) is 30.2 Å². The lowest BCUT2D eigenvalue weighted by molar-refractivity contribution is -0.138. The van der Waals surface area contributed by atoms with Gasteiger partial charge in [0.25, 0.3) is 5.91 Å². The van der Waals surface area contributed by atoms with Crippen molar-refractivity contribution in [3.63, 3.8) is 0 Å². The molecule has 2 aromatic carbocycles. The van der Waals surface area contributed by atoms with Gasteiger partial charge in [-0.15, -0.1) is 12.8 Å². The van der Waals surface area contributed by atoms with E-state index in [0.717, 1.165) is 61.9 Å². The Kier molecular flexibility index (Phi) is 14.1. The summed E-state index contributed by atoms with van der Waals surface area (Å²) in [6.45, 7) is 8.25. The highest BCUT2D eigenvalue weighted by molar-refractivity contribution is 6.31. The molecule has 0 atom stereocenters. The van der Waals surface area contributed by atoms with Crippen molar-refractivity contribution in [2.45, 2.75) is 52.9 Å². The molecule has 3 N–H and O–H groups in total. The molecule has 9 nitrogen and oxygen atoms in total. The zero-order valence-electron chi connectivity index (χ0n) is 24.6. The van der Waals surface area contributed by atoms with Gasteiger partial charge >= 0.3 is 0 Å². The van der Waals surface area contributed by atoms with Gasteiger partial charge in [-0.1, -0.05) is 37.4 Å². The Bertz CT molecular complexity index is 1390. The molecule has 1 aliphatic rings. The predicted octanol–water partition coefficient (Wildman–Crippen LogP) is 5.67. The average Bonchev–Trinajstić information content (AvgIpc) is 3.63. The number of unbranched alkanes of at least 4 members (excludes halogenated alkanes) is 2. The second kappa shape index (κ2) is 17.5. The highest BCUT2D eigenvalue weighted by Gasteiger charge is 2.21. The first-order chi connectivity index (χ1) is 20.2. The monoisotopic (exact) mass is 593 g/mol. The number of aliphatic imine (C=N–C) groups is 1. The minimum Gasteiger partial charge on any atom is -0.461 e. The Hall–Kier alpha value is -4.29. The molecule has 1 aliphatic heterocycles. The zero-order chi connectivity index (χ0) is 31.1. The molecule has 2 heterocycles. The van der Waals surface area contributed by atoms with Crippen molar-refractivity contribution in [2.75, 3.05) is 26.2 Å². The number of aryl methyl sites for hydroxylation is 1. The van der Waals surface area contributed by atoms with E-state index in [0.29, 0.717) is 22.8 Å². The highest BCUT2D eigenvalue weighted by atomic mass is 35.5. The maximum atomic E-state index is 12.1. The number of guanidine groups is 1. The van der Waals surface area contributed by atoms with E-state index in [1.165, 1.54) is 0 Å². The lowest BCUT2D eigenvalue weighted by atomic mass is 10.2. The van der Waals surface area contributed by atoms with E-state index >= 15 is 0 Å². The molecular formula is C32H40ClN5O4. The van der Waals surface area contributed by atoms with Crippen LogP contribution in [0.25, 0.3) is 11.0 Å². The topological polar surface area (TPSA) is 121 Å². The fraction of sp³-hybridized carbons (Fsp3) is 0.375. The molecule has 1 aromatic heterocycles. The number of fused-ring (bicyclic) bond motifs is 1. The second-order valence-electron chi connectivity index (χ2n) is 9.78. The molecule has 0 aliphatic carbocycles. The van der Waals surface area contributed by atoms with Crippen molar-refractivity contribution < 1.29 is 18.8 Å². The van der Waals surface area contributed by atoms with Gasteiger partial charge in [-0.3, -0.25) is 19.7 Å². The Morgan fingerprint density at radius 3 is 2.45 bits per heavy atom. The van der Waals surface area contributed by atoms with Gasteiger partial charge in [0, 0.05) is 42.5 Å². The third-order valence-electron chi connectivity index (χ3n) is 6.46. The Labute approximate surface area is 253 Å². The molecule has 0 spiro atoms. The number of hydrogen-bond donors (Lipinski definition) is 2.